The molecule has 0 amide bonds. The summed E-state index contributed by atoms with van der Waals surface area (Å²) < 4.78 is 0. The predicted molar refractivity (Wildman–Crippen MR) is 90.2 cm³/mol. The molecule has 120 valence electrons. The van der Waals surface area contributed by atoms with Crippen molar-refractivity contribution in [2.24, 2.45) is 5.92 Å². The molecule has 0 saturated heterocycles. The van der Waals surface area contributed by atoms with E-state index in [4.69, 9.17) is 0 Å². The van der Waals surface area contributed by atoms with Gasteiger partial charge in [0.05, 0.1) is 0 Å². The van der Waals surface area contributed by atoms with E-state index in [2.05, 4.69) is 13.8 Å². The molecule has 0 aromatic rings. The Labute approximate surface area is 127 Å². The molecule has 0 aliphatic rings. The van der Waals surface area contributed by atoms with Gasteiger partial charge in [0.15, 0.2) is 0 Å². The first kappa shape index (κ1) is 19.7. The van der Waals surface area contributed by atoms with Crippen molar-refractivity contribution in [1.82, 2.24) is 0 Å². The molecule has 0 heterocycles. The van der Waals surface area contributed by atoms with Gasteiger partial charge in [0, 0.05) is 6.42 Å². The molecule has 0 aromatic carbocycles. The summed E-state index contributed by atoms with van der Waals surface area (Å²) in [6.07, 6.45) is 21.2. The third-order valence-electron chi connectivity index (χ3n) is 4.10. The number of rotatable bonds is 16. The second kappa shape index (κ2) is 16.7. The monoisotopic (exact) mass is 282 g/mol. The smallest absolute Gasteiger partial charge is 0.119 e. The second-order valence-electron chi connectivity index (χ2n) is 6.73. The zero-order chi connectivity index (χ0) is 14.9. The van der Waals surface area contributed by atoms with Gasteiger partial charge in [-0.2, -0.15) is 0 Å². The van der Waals surface area contributed by atoms with Crippen LogP contribution in [-0.4, -0.2) is 6.29 Å². The first-order valence-electron chi connectivity index (χ1n) is 9.21. The Balaban J connectivity index is 2.94. The van der Waals surface area contributed by atoms with Crippen molar-refractivity contribution in [3.8, 4) is 0 Å². The van der Waals surface area contributed by atoms with Crippen molar-refractivity contribution in [2.75, 3.05) is 0 Å². The van der Waals surface area contributed by atoms with Crippen molar-refractivity contribution < 1.29 is 4.79 Å². The molecule has 0 N–H and O–H groups in total. The van der Waals surface area contributed by atoms with Crippen molar-refractivity contribution in [3.05, 3.63) is 0 Å². The summed E-state index contributed by atoms with van der Waals surface area (Å²) in [5, 5.41) is 0. The minimum atomic E-state index is 0.761. The van der Waals surface area contributed by atoms with Gasteiger partial charge in [-0.1, -0.05) is 97.3 Å². The summed E-state index contributed by atoms with van der Waals surface area (Å²) in [4.78, 5) is 10.2. The van der Waals surface area contributed by atoms with E-state index in [9.17, 15) is 4.79 Å². The second-order valence-corrected chi connectivity index (χ2v) is 6.73. The van der Waals surface area contributed by atoms with Gasteiger partial charge in [-0.05, 0) is 12.3 Å². The average Bonchev–Trinajstić information content (AvgIpc) is 2.43. The summed E-state index contributed by atoms with van der Waals surface area (Å²) >= 11 is 0. The molecule has 0 saturated carbocycles. The molecule has 0 aliphatic heterocycles. The molecule has 0 spiro atoms. The van der Waals surface area contributed by atoms with E-state index in [1.165, 1.54) is 83.5 Å². The number of aldehydes is 1. The fourth-order valence-corrected chi connectivity index (χ4v) is 2.72. The molecule has 0 fully saturated rings. The summed E-state index contributed by atoms with van der Waals surface area (Å²) in [5.41, 5.74) is 0. The first-order valence-corrected chi connectivity index (χ1v) is 9.21. The van der Waals surface area contributed by atoms with Crippen LogP contribution in [0.25, 0.3) is 0 Å². The summed E-state index contributed by atoms with van der Waals surface area (Å²) in [7, 11) is 0. The van der Waals surface area contributed by atoms with Crippen LogP contribution in [0.15, 0.2) is 0 Å². The molecule has 0 radical (unpaired) electrons. The minimum Gasteiger partial charge on any atom is -0.303 e. The maximum absolute atomic E-state index is 10.2. The zero-order valence-electron chi connectivity index (χ0n) is 14.2. The van der Waals surface area contributed by atoms with E-state index in [1.807, 2.05) is 0 Å². The highest BCUT2D eigenvalue weighted by Crippen LogP contribution is 2.14. The molecular weight excluding hydrogens is 244 g/mol. The van der Waals surface area contributed by atoms with Crippen molar-refractivity contribution >= 4 is 6.29 Å². The summed E-state index contributed by atoms with van der Waals surface area (Å²) in [6.45, 7) is 4.64. The van der Waals surface area contributed by atoms with Gasteiger partial charge in [0.2, 0.25) is 0 Å². The molecular formula is C19H38O. The van der Waals surface area contributed by atoms with Gasteiger partial charge >= 0.3 is 0 Å². The lowest BCUT2D eigenvalue weighted by Gasteiger charge is -2.04. The number of hydrogen-bond acceptors (Lipinski definition) is 1. The number of unbranched alkanes of at least 4 members (excludes halogenated alkanes) is 13. The fraction of sp³-hybridized carbons (Fsp3) is 0.947. The normalized spacial score (nSPS) is 11.2. The third-order valence-corrected chi connectivity index (χ3v) is 4.10. The molecule has 0 rings (SSSR count). The zero-order valence-corrected chi connectivity index (χ0v) is 14.2. The Morgan fingerprint density at radius 2 is 0.950 bits per heavy atom. The number of hydrogen-bond donors (Lipinski definition) is 0. The molecule has 20 heavy (non-hydrogen) atoms. The Bertz CT molecular complexity index is 186. The maximum Gasteiger partial charge on any atom is 0.119 e. The lowest BCUT2D eigenvalue weighted by Crippen LogP contribution is -1.87. The van der Waals surface area contributed by atoms with Gasteiger partial charge in [-0.25, -0.2) is 0 Å². The van der Waals surface area contributed by atoms with E-state index in [1.54, 1.807) is 0 Å². The van der Waals surface area contributed by atoms with Crippen LogP contribution in [-0.2, 0) is 4.79 Å². The highest BCUT2D eigenvalue weighted by Gasteiger charge is 1.95. The van der Waals surface area contributed by atoms with Crippen LogP contribution in [0.2, 0.25) is 0 Å². The highest BCUT2D eigenvalue weighted by atomic mass is 16.1. The molecule has 0 aliphatic carbocycles. The van der Waals surface area contributed by atoms with E-state index in [0.29, 0.717) is 0 Å². The van der Waals surface area contributed by atoms with Crippen molar-refractivity contribution in [1.29, 1.82) is 0 Å². The predicted octanol–water partition coefficient (Wildman–Crippen LogP) is 6.69. The Kier molecular flexibility index (Phi) is 16.4. The van der Waals surface area contributed by atoms with Crippen molar-refractivity contribution in [3.63, 3.8) is 0 Å². The topological polar surface area (TPSA) is 17.1 Å². The molecule has 1 nitrogen and oxygen atoms in total. The van der Waals surface area contributed by atoms with Gasteiger partial charge < -0.3 is 4.79 Å². The quantitative estimate of drug-likeness (QED) is 0.227. The van der Waals surface area contributed by atoms with Gasteiger partial charge in [-0.15, -0.1) is 0 Å². The standard InChI is InChI=1S/C19H38O/c1-19(2)17-15-13-11-9-7-5-3-4-6-8-10-12-14-16-18-20/h18-19H,3-17H2,1-2H3. The number of carbonyl (C=O) groups excluding carboxylic acids is 1. The van der Waals surface area contributed by atoms with Crippen LogP contribution < -0.4 is 0 Å². The van der Waals surface area contributed by atoms with Crippen LogP contribution >= 0.6 is 0 Å². The Hall–Kier alpha value is -0.330. The lowest BCUT2D eigenvalue weighted by molar-refractivity contribution is -0.107. The lowest BCUT2D eigenvalue weighted by atomic mass is 10.0. The maximum atomic E-state index is 10.2. The summed E-state index contributed by atoms with van der Waals surface area (Å²) in [6, 6.07) is 0. The minimum absolute atomic E-state index is 0.761. The third kappa shape index (κ3) is 17.7. The first-order chi connectivity index (χ1) is 9.77. The largest absolute Gasteiger partial charge is 0.303 e. The van der Waals surface area contributed by atoms with E-state index in [-0.39, 0.29) is 0 Å². The van der Waals surface area contributed by atoms with Gasteiger partial charge in [0.1, 0.15) is 6.29 Å². The van der Waals surface area contributed by atoms with Crippen LogP contribution in [0, 0.1) is 5.92 Å². The van der Waals surface area contributed by atoms with Crippen LogP contribution in [0.3, 0.4) is 0 Å². The molecule has 1 heteroatoms. The van der Waals surface area contributed by atoms with Crippen LogP contribution in [0.1, 0.15) is 110 Å². The highest BCUT2D eigenvalue weighted by molar-refractivity contribution is 5.48. The molecule has 0 aromatic heterocycles. The van der Waals surface area contributed by atoms with E-state index < -0.39 is 0 Å². The molecule has 0 atom stereocenters. The average molecular weight is 283 g/mol. The SMILES string of the molecule is CC(C)CCCCCCCCCCCCCCCC=O. The van der Waals surface area contributed by atoms with Crippen molar-refractivity contribution in [2.45, 2.75) is 110 Å². The Morgan fingerprint density at radius 3 is 1.30 bits per heavy atom. The summed E-state index contributed by atoms with van der Waals surface area (Å²) in [5.74, 6) is 0.883. The van der Waals surface area contributed by atoms with Crippen LogP contribution in [0.4, 0.5) is 0 Å². The van der Waals surface area contributed by atoms with Gasteiger partial charge in [0.25, 0.3) is 0 Å². The van der Waals surface area contributed by atoms with Crippen LogP contribution in [0.5, 0.6) is 0 Å². The number of carbonyl (C=O) groups is 1. The molecule has 0 bridgehead atoms. The Morgan fingerprint density at radius 1 is 0.600 bits per heavy atom. The van der Waals surface area contributed by atoms with E-state index >= 15 is 0 Å². The van der Waals surface area contributed by atoms with E-state index in [0.717, 1.165) is 25.0 Å². The van der Waals surface area contributed by atoms with Gasteiger partial charge in [-0.3, -0.25) is 0 Å². The fourth-order valence-electron chi connectivity index (χ4n) is 2.72. The molecule has 0 unspecified atom stereocenters.